The molecule has 0 unspecified atom stereocenters. The van der Waals surface area contributed by atoms with Crippen LogP contribution in [0.1, 0.15) is 27.7 Å². The predicted molar refractivity (Wildman–Crippen MR) is 45.8 cm³/mol. The molecule has 64 valence electrons. The highest BCUT2D eigenvalue weighted by Crippen LogP contribution is 2.44. The molecule has 0 aliphatic heterocycles. The van der Waals surface area contributed by atoms with Gasteiger partial charge in [-0.3, -0.25) is 4.57 Å². The van der Waals surface area contributed by atoms with Crippen LogP contribution in [0.5, 0.6) is 0 Å². The van der Waals surface area contributed by atoms with Gasteiger partial charge in [-0.15, -0.1) is 0 Å². The topological polar surface area (TPSA) is 35.5 Å². The van der Waals surface area contributed by atoms with Crippen LogP contribution in [0, 0.1) is 0 Å². The van der Waals surface area contributed by atoms with E-state index in [-0.39, 0.29) is 12.2 Å². The van der Waals surface area contributed by atoms with Gasteiger partial charge in [-0.25, -0.2) is 0 Å². The van der Waals surface area contributed by atoms with Gasteiger partial charge in [-0.1, -0.05) is 0 Å². The summed E-state index contributed by atoms with van der Waals surface area (Å²) in [4.78, 5) is 0. The van der Waals surface area contributed by atoms with Crippen LogP contribution in [0.25, 0.3) is 0 Å². The molecule has 0 aliphatic rings. The number of hydrogen-bond donors (Lipinski definition) is 0. The van der Waals surface area contributed by atoms with Gasteiger partial charge in [0.05, 0.1) is 12.2 Å². The van der Waals surface area contributed by atoms with Crippen molar-refractivity contribution >= 4 is 15.0 Å². The van der Waals surface area contributed by atoms with E-state index in [0.29, 0.717) is 0 Å². The SMILES string of the molecule is [B]P(=O)(OC(C)C)OC(C)C. The third-order valence-corrected chi connectivity index (χ3v) is 2.15. The van der Waals surface area contributed by atoms with E-state index in [9.17, 15) is 4.57 Å². The van der Waals surface area contributed by atoms with Crippen molar-refractivity contribution < 1.29 is 13.6 Å². The lowest BCUT2D eigenvalue weighted by Crippen LogP contribution is -2.07. The quantitative estimate of drug-likeness (QED) is 0.486. The van der Waals surface area contributed by atoms with Gasteiger partial charge in [0.25, 0.3) is 7.47 Å². The first-order valence-corrected chi connectivity index (χ1v) is 5.20. The predicted octanol–water partition coefficient (Wildman–Crippen LogP) is 2.11. The van der Waals surface area contributed by atoms with E-state index in [1.54, 1.807) is 27.7 Å². The first-order valence-electron chi connectivity index (χ1n) is 3.59. The van der Waals surface area contributed by atoms with E-state index >= 15 is 0 Å². The number of rotatable bonds is 4. The molecule has 0 saturated heterocycles. The largest absolute Gasteiger partial charge is 0.314 e. The second-order valence-electron chi connectivity index (χ2n) is 2.85. The molecule has 0 saturated carbocycles. The van der Waals surface area contributed by atoms with Crippen molar-refractivity contribution in [2.45, 2.75) is 39.9 Å². The van der Waals surface area contributed by atoms with Crippen molar-refractivity contribution in [3.8, 4) is 0 Å². The lowest BCUT2D eigenvalue weighted by atomic mass is 10.5. The summed E-state index contributed by atoms with van der Waals surface area (Å²) in [7, 11) is 1.92. The molecule has 0 atom stereocenters. The van der Waals surface area contributed by atoms with Crippen molar-refractivity contribution in [2.75, 3.05) is 0 Å². The summed E-state index contributed by atoms with van der Waals surface area (Å²) in [5, 5.41) is 0. The normalized spacial score (nSPS) is 12.9. The Bertz CT molecular complexity index is 144. The van der Waals surface area contributed by atoms with Gasteiger partial charge in [-0.05, 0) is 27.7 Å². The Morgan fingerprint density at radius 1 is 1.09 bits per heavy atom. The average Bonchev–Trinajstić information content (AvgIpc) is 1.53. The maximum absolute atomic E-state index is 11.2. The molecule has 0 amide bonds. The summed E-state index contributed by atoms with van der Waals surface area (Å²) in [6.07, 6.45) is -0.353. The fourth-order valence-electron chi connectivity index (χ4n) is 0.613. The molecule has 0 fully saturated rings. The smallest absolute Gasteiger partial charge is 0.264 e. The van der Waals surface area contributed by atoms with Crippen LogP contribution in [0.3, 0.4) is 0 Å². The number of hydrogen-bond acceptors (Lipinski definition) is 3. The van der Waals surface area contributed by atoms with Gasteiger partial charge in [0.15, 0.2) is 0 Å². The molecule has 0 aromatic carbocycles. The van der Waals surface area contributed by atoms with Gasteiger partial charge in [0, 0.05) is 0 Å². The molecule has 5 heteroatoms. The van der Waals surface area contributed by atoms with Crippen LogP contribution in [0.15, 0.2) is 0 Å². The summed E-state index contributed by atoms with van der Waals surface area (Å²) in [6, 6.07) is 0. The van der Waals surface area contributed by atoms with Crippen molar-refractivity contribution in [1.82, 2.24) is 0 Å². The Labute approximate surface area is 69.4 Å². The fourth-order valence-corrected chi connectivity index (χ4v) is 1.84. The molecular weight excluding hydrogens is 162 g/mol. The minimum absolute atomic E-state index is 0.176. The van der Waals surface area contributed by atoms with E-state index in [4.69, 9.17) is 16.6 Å². The second kappa shape index (κ2) is 4.29. The summed E-state index contributed by atoms with van der Waals surface area (Å²) >= 11 is 0. The Balaban J connectivity index is 3.91. The van der Waals surface area contributed by atoms with E-state index in [2.05, 4.69) is 0 Å². The minimum atomic E-state index is -3.30. The van der Waals surface area contributed by atoms with Crippen LogP contribution < -0.4 is 0 Å². The van der Waals surface area contributed by atoms with E-state index in [0.717, 1.165) is 0 Å². The van der Waals surface area contributed by atoms with Gasteiger partial charge in [0.2, 0.25) is 7.57 Å². The van der Waals surface area contributed by atoms with Gasteiger partial charge in [0.1, 0.15) is 0 Å². The van der Waals surface area contributed by atoms with Crippen LogP contribution in [0.4, 0.5) is 0 Å². The first kappa shape index (κ1) is 11.2. The molecule has 0 aliphatic carbocycles. The molecule has 0 heterocycles. The van der Waals surface area contributed by atoms with Gasteiger partial charge in [-0.2, -0.15) is 0 Å². The lowest BCUT2D eigenvalue weighted by Gasteiger charge is -2.19. The molecule has 0 N–H and O–H groups in total. The van der Waals surface area contributed by atoms with Crippen LogP contribution >= 0.6 is 7.47 Å². The minimum Gasteiger partial charge on any atom is -0.314 e. The van der Waals surface area contributed by atoms with Crippen LogP contribution in [-0.2, 0) is 13.6 Å². The van der Waals surface area contributed by atoms with Crippen LogP contribution in [-0.4, -0.2) is 19.8 Å². The fraction of sp³-hybridized carbons (Fsp3) is 1.00. The molecule has 2 radical (unpaired) electrons. The first-order chi connectivity index (χ1) is 4.83. The summed E-state index contributed by atoms with van der Waals surface area (Å²) in [6.45, 7) is 7.01. The Hall–Kier alpha value is 0.215. The molecule has 11 heavy (non-hydrogen) atoms. The van der Waals surface area contributed by atoms with Crippen molar-refractivity contribution in [3.63, 3.8) is 0 Å². The van der Waals surface area contributed by atoms with Crippen molar-refractivity contribution in [3.05, 3.63) is 0 Å². The second-order valence-corrected chi connectivity index (χ2v) is 4.35. The highest BCUT2D eigenvalue weighted by atomic mass is 31.2. The zero-order chi connectivity index (χ0) is 9.07. The van der Waals surface area contributed by atoms with Crippen molar-refractivity contribution in [2.24, 2.45) is 0 Å². The molecule has 0 rings (SSSR count). The maximum atomic E-state index is 11.2. The third kappa shape index (κ3) is 6.61. The van der Waals surface area contributed by atoms with Gasteiger partial charge < -0.3 is 9.05 Å². The Kier molecular flexibility index (Phi) is 4.38. The molecule has 0 spiro atoms. The Morgan fingerprint density at radius 2 is 1.36 bits per heavy atom. The third-order valence-electron chi connectivity index (χ3n) is 0.715. The zero-order valence-electron chi connectivity index (χ0n) is 7.40. The molecule has 0 aromatic rings. The van der Waals surface area contributed by atoms with Gasteiger partial charge >= 0.3 is 0 Å². The highest BCUT2D eigenvalue weighted by molar-refractivity contribution is 7.79. The lowest BCUT2D eigenvalue weighted by molar-refractivity contribution is 0.154. The Morgan fingerprint density at radius 3 is 1.55 bits per heavy atom. The summed E-state index contributed by atoms with van der Waals surface area (Å²) in [5.74, 6) is 0. The molecule has 0 bridgehead atoms. The molecule has 3 nitrogen and oxygen atoms in total. The van der Waals surface area contributed by atoms with E-state index in [1.807, 2.05) is 0 Å². The monoisotopic (exact) mass is 176 g/mol. The van der Waals surface area contributed by atoms with Crippen LogP contribution in [0.2, 0.25) is 0 Å². The van der Waals surface area contributed by atoms with E-state index < -0.39 is 7.47 Å². The maximum Gasteiger partial charge on any atom is 0.264 e. The van der Waals surface area contributed by atoms with E-state index in [1.165, 1.54) is 0 Å². The molecule has 0 aromatic heterocycles. The highest BCUT2D eigenvalue weighted by Gasteiger charge is 2.19. The summed E-state index contributed by atoms with van der Waals surface area (Å²) < 4.78 is 20.9. The molecular formula is C6H14BO3P. The summed E-state index contributed by atoms with van der Waals surface area (Å²) in [5.41, 5.74) is 0. The average molecular weight is 176 g/mol. The standard InChI is InChI=1S/C6H14BO3P/c1-5(2)9-11(7,8)10-6(3)4/h5-6H,1-4H3. The zero-order valence-corrected chi connectivity index (χ0v) is 8.30. The van der Waals surface area contributed by atoms with Crippen molar-refractivity contribution in [1.29, 1.82) is 0 Å².